The fourth-order valence-electron chi connectivity index (χ4n) is 1.11. The molecule has 0 radical (unpaired) electrons. The van der Waals surface area contributed by atoms with Crippen LogP contribution in [0.15, 0.2) is 30.3 Å². The van der Waals surface area contributed by atoms with Crippen molar-refractivity contribution in [3.8, 4) is 0 Å². The van der Waals surface area contributed by atoms with E-state index in [4.69, 9.17) is 0 Å². The SMILES string of the molecule is C[C@@H](C[N+](=O)[O-])c1ccccc1. The molecule has 0 N–H and O–H groups in total. The summed E-state index contributed by atoms with van der Waals surface area (Å²) >= 11 is 0. The first-order valence-corrected chi connectivity index (χ1v) is 3.87. The van der Waals surface area contributed by atoms with Gasteiger partial charge in [-0.2, -0.15) is 0 Å². The van der Waals surface area contributed by atoms with Gasteiger partial charge in [0.05, 0.1) is 0 Å². The molecule has 0 bridgehead atoms. The van der Waals surface area contributed by atoms with Crippen LogP contribution in [0, 0.1) is 10.1 Å². The average molecular weight is 165 g/mol. The van der Waals surface area contributed by atoms with Crippen molar-refractivity contribution in [1.29, 1.82) is 0 Å². The van der Waals surface area contributed by atoms with Gasteiger partial charge < -0.3 is 0 Å². The second-order valence-electron chi connectivity index (χ2n) is 2.83. The van der Waals surface area contributed by atoms with Gasteiger partial charge in [0.15, 0.2) is 0 Å². The van der Waals surface area contributed by atoms with Gasteiger partial charge in [-0.15, -0.1) is 0 Å². The number of hydrogen-bond donors (Lipinski definition) is 0. The molecule has 0 aromatic heterocycles. The van der Waals surface area contributed by atoms with Crippen LogP contribution in [0.4, 0.5) is 0 Å². The lowest BCUT2D eigenvalue weighted by Gasteiger charge is -2.05. The Balaban J connectivity index is 2.65. The number of nitrogens with zero attached hydrogens (tertiary/aromatic N) is 1. The Hall–Kier alpha value is -1.38. The molecule has 0 saturated carbocycles. The summed E-state index contributed by atoms with van der Waals surface area (Å²) < 4.78 is 0. The largest absolute Gasteiger partial charge is 0.265 e. The molecule has 0 unspecified atom stereocenters. The molecular weight excluding hydrogens is 154 g/mol. The summed E-state index contributed by atoms with van der Waals surface area (Å²) in [6.45, 7) is 1.86. The van der Waals surface area contributed by atoms with E-state index in [2.05, 4.69) is 0 Å². The van der Waals surface area contributed by atoms with Crippen LogP contribution >= 0.6 is 0 Å². The van der Waals surface area contributed by atoms with E-state index >= 15 is 0 Å². The highest BCUT2D eigenvalue weighted by atomic mass is 16.6. The van der Waals surface area contributed by atoms with E-state index in [9.17, 15) is 10.1 Å². The van der Waals surface area contributed by atoms with Gasteiger partial charge >= 0.3 is 0 Å². The standard InChI is InChI=1S/C9H11NO2/c1-8(7-10(11)12)9-5-3-2-4-6-9/h2-6,8H,7H2,1H3/t8-/m0/s1. The lowest BCUT2D eigenvalue weighted by molar-refractivity contribution is -0.482. The van der Waals surface area contributed by atoms with Gasteiger partial charge in [0.25, 0.3) is 0 Å². The molecule has 0 fully saturated rings. The predicted octanol–water partition coefficient (Wildman–Crippen LogP) is 2.07. The molecule has 0 aliphatic carbocycles. The first-order chi connectivity index (χ1) is 5.70. The van der Waals surface area contributed by atoms with E-state index in [1.54, 1.807) is 0 Å². The summed E-state index contributed by atoms with van der Waals surface area (Å²) in [5, 5.41) is 10.2. The van der Waals surface area contributed by atoms with Crippen LogP contribution in [-0.2, 0) is 0 Å². The molecule has 12 heavy (non-hydrogen) atoms. The Morgan fingerprint density at radius 2 is 2.00 bits per heavy atom. The fraction of sp³-hybridized carbons (Fsp3) is 0.333. The zero-order valence-corrected chi connectivity index (χ0v) is 6.93. The van der Waals surface area contributed by atoms with E-state index in [0.717, 1.165) is 5.56 Å². The number of nitro groups is 1. The van der Waals surface area contributed by atoms with Crippen molar-refractivity contribution in [2.45, 2.75) is 12.8 Å². The van der Waals surface area contributed by atoms with Crippen LogP contribution in [0.5, 0.6) is 0 Å². The average Bonchev–Trinajstić information content (AvgIpc) is 2.05. The smallest absolute Gasteiger partial charge is 0.210 e. The van der Waals surface area contributed by atoms with Gasteiger partial charge in [0.2, 0.25) is 6.54 Å². The summed E-state index contributed by atoms with van der Waals surface area (Å²) in [7, 11) is 0. The Labute approximate surface area is 71.2 Å². The monoisotopic (exact) mass is 165 g/mol. The number of benzene rings is 1. The van der Waals surface area contributed by atoms with Gasteiger partial charge in [-0.3, -0.25) is 10.1 Å². The summed E-state index contributed by atoms with van der Waals surface area (Å²) in [6, 6.07) is 9.52. The molecule has 1 aromatic rings. The van der Waals surface area contributed by atoms with Gasteiger partial charge in [0, 0.05) is 10.8 Å². The molecule has 0 aliphatic heterocycles. The van der Waals surface area contributed by atoms with Crippen LogP contribution in [-0.4, -0.2) is 11.5 Å². The van der Waals surface area contributed by atoms with E-state index in [1.807, 2.05) is 37.3 Å². The molecule has 0 heterocycles. The summed E-state index contributed by atoms with van der Waals surface area (Å²) in [5.41, 5.74) is 1.02. The molecule has 64 valence electrons. The van der Waals surface area contributed by atoms with Gasteiger partial charge in [-0.1, -0.05) is 37.3 Å². The number of rotatable bonds is 3. The summed E-state index contributed by atoms with van der Waals surface area (Å²) in [6.07, 6.45) is 0. The Morgan fingerprint density at radius 3 is 2.50 bits per heavy atom. The first kappa shape index (κ1) is 8.71. The zero-order chi connectivity index (χ0) is 8.97. The second kappa shape index (κ2) is 3.85. The van der Waals surface area contributed by atoms with Crippen molar-refractivity contribution >= 4 is 0 Å². The third kappa shape index (κ3) is 2.34. The minimum atomic E-state index is -0.280. The van der Waals surface area contributed by atoms with Crippen LogP contribution in [0.3, 0.4) is 0 Å². The Kier molecular flexibility index (Phi) is 2.80. The molecule has 0 saturated heterocycles. The quantitative estimate of drug-likeness (QED) is 0.508. The summed E-state index contributed by atoms with van der Waals surface area (Å²) in [4.78, 5) is 9.91. The maximum Gasteiger partial charge on any atom is 0.210 e. The van der Waals surface area contributed by atoms with E-state index in [0.29, 0.717) is 0 Å². The Bertz CT molecular complexity index is 258. The molecule has 1 atom stereocenters. The van der Waals surface area contributed by atoms with Crippen molar-refractivity contribution in [2.24, 2.45) is 0 Å². The minimum absolute atomic E-state index is 0.00111. The molecule has 1 rings (SSSR count). The highest BCUT2D eigenvalue weighted by Crippen LogP contribution is 2.13. The molecular formula is C9H11NO2. The lowest BCUT2D eigenvalue weighted by atomic mass is 10.0. The predicted molar refractivity (Wildman–Crippen MR) is 46.7 cm³/mol. The molecule has 3 nitrogen and oxygen atoms in total. The van der Waals surface area contributed by atoms with E-state index in [1.165, 1.54) is 0 Å². The van der Waals surface area contributed by atoms with Gasteiger partial charge in [0.1, 0.15) is 0 Å². The van der Waals surface area contributed by atoms with Crippen LogP contribution < -0.4 is 0 Å². The van der Waals surface area contributed by atoms with Crippen molar-refractivity contribution in [1.82, 2.24) is 0 Å². The van der Waals surface area contributed by atoms with Gasteiger partial charge in [-0.05, 0) is 5.56 Å². The number of hydrogen-bond acceptors (Lipinski definition) is 2. The third-order valence-electron chi connectivity index (χ3n) is 1.79. The third-order valence-corrected chi connectivity index (χ3v) is 1.79. The molecule has 0 spiro atoms. The topological polar surface area (TPSA) is 43.1 Å². The van der Waals surface area contributed by atoms with Crippen LogP contribution in [0.1, 0.15) is 18.4 Å². The maximum absolute atomic E-state index is 10.2. The highest BCUT2D eigenvalue weighted by molar-refractivity contribution is 5.18. The second-order valence-corrected chi connectivity index (χ2v) is 2.83. The normalized spacial score (nSPS) is 12.4. The Morgan fingerprint density at radius 1 is 1.42 bits per heavy atom. The highest BCUT2D eigenvalue weighted by Gasteiger charge is 2.10. The van der Waals surface area contributed by atoms with Crippen LogP contribution in [0.25, 0.3) is 0 Å². The van der Waals surface area contributed by atoms with E-state index in [-0.39, 0.29) is 17.4 Å². The lowest BCUT2D eigenvalue weighted by Crippen LogP contribution is -2.08. The van der Waals surface area contributed by atoms with E-state index < -0.39 is 0 Å². The zero-order valence-electron chi connectivity index (χ0n) is 6.93. The molecule has 0 aliphatic rings. The first-order valence-electron chi connectivity index (χ1n) is 3.87. The summed E-state index contributed by atoms with van der Waals surface area (Å²) in [5.74, 6) is 0.00111. The van der Waals surface area contributed by atoms with Crippen molar-refractivity contribution in [3.05, 3.63) is 46.0 Å². The molecule has 0 amide bonds. The molecule has 1 aromatic carbocycles. The van der Waals surface area contributed by atoms with Crippen molar-refractivity contribution < 1.29 is 4.92 Å². The van der Waals surface area contributed by atoms with Gasteiger partial charge in [-0.25, -0.2) is 0 Å². The fourth-order valence-corrected chi connectivity index (χ4v) is 1.11. The maximum atomic E-state index is 10.2. The van der Waals surface area contributed by atoms with Crippen molar-refractivity contribution in [3.63, 3.8) is 0 Å². The van der Waals surface area contributed by atoms with Crippen LogP contribution in [0.2, 0.25) is 0 Å². The van der Waals surface area contributed by atoms with Crippen molar-refractivity contribution in [2.75, 3.05) is 6.54 Å². The molecule has 3 heteroatoms. The minimum Gasteiger partial charge on any atom is -0.265 e.